The van der Waals surface area contributed by atoms with Crippen LogP contribution in [0.3, 0.4) is 0 Å². The third-order valence-electron chi connectivity index (χ3n) is 13.0. The van der Waals surface area contributed by atoms with Gasteiger partial charge in [-0.05, 0) is 57.8 Å². The van der Waals surface area contributed by atoms with Crippen LogP contribution in [0, 0.1) is 0 Å². The molecule has 0 heterocycles. The van der Waals surface area contributed by atoms with Gasteiger partial charge in [0.2, 0.25) is 5.91 Å². The number of unbranched alkanes of at least 4 members (excludes halogenated alkanes) is 38. The fraction of sp³-hybridized carbons (Fsp3) is 0.895. The van der Waals surface area contributed by atoms with Crippen LogP contribution in [-0.2, 0) is 14.3 Å². The van der Waals surface area contributed by atoms with Gasteiger partial charge >= 0.3 is 5.97 Å². The van der Waals surface area contributed by atoms with Crippen LogP contribution >= 0.6 is 0 Å². The van der Waals surface area contributed by atoms with Gasteiger partial charge in [-0.15, -0.1) is 0 Å². The minimum atomic E-state index is -0.670. The minimum Gasteiger partial charge on any atom is -0.466 e. The van der Waals surface area contributed by atoms with Crippen LogP contribution in [0.2, 0.25) is 0 Å². The van der Waals surface area contributed by atoms with Crippen molar-refractivity contribution in [1.29, 1.82) is 0 Å². The maximum atomic E-state index is 12.5. The molecule has 0 radical (unpaired) electrons. The van der Waals surface area contributed by atoms with Gasteiger partial charge in [-0.1, -0.05) is 256 Å². The number of aliphatic hydroxyl groups excluding tert-OH is 2. The SMILES string of the molecule is CCCCCCCCCCCCCCCCCC(O)C(CO)NC(=O)CCCCCCCCCCCC/C=C\C=C/CCCCCOC(=O)CCCCCCCCCCCCCC. The fourth-order valence-electron chi connectivity index (χ4n) is 8.69. The highest BCUT2D eigenvalue weighted by molar-refractivity contribution is 5.76. The first-order valence-electron chi connectivity index (χ1n) is 28.1. The molecule has 3 N–H and O–H groups in total. The van der Waals surface area contributed by atoms with E-state index in [-0.39, 0.29) is 18.5 Å². The highest BCUT2D eigenvalue weighted by Crippen LogP contribution is 2.17. The lowest BCUT2D eigenvalue weighted by molar-refractivity contribution is -0.143. The molecular formula is C57H109NO5. The molecule has 2 atom stereocenters. The standard InChI is InChI=1S/C57H109NO5/c1-3-5-7-9-11-13-15-17-23-26-29-33-37-41-45-49-55(60)54(53-59)58-56(61)50-46-42-38-34-30-27-24-21-19-18-20-22-25-28-32-36-40-44-48-52-63-57(62)51-47-43-39-35-31-16-14-12-10-8-6-4-2/h22,25,28,32,54-55,59-60H,3-21,23-24,26-27,29-31,33-53H2,1-2H3,(H,58,61)/b25-22-,32-28-. The first-order valence-corrected chi connectivity index (χ1v) is 28.1. The summed E-state index contributed by atoms with van der Waals surface area (Å²) < 4.78 is 5.44. The highest BCUT2D eigenvalue weighted by Gasteiger charge is 2.20. The molecular weight excluding hydrogens is 779 g/mol. The van der Waals surface area contributed by atoms with Crippen LogP contribution in [0.4, 0.5) is 0 Å². The second-order valence-electron chi connectivity index (χ2n) is 19.3. The van der Waals surface area contributed by atoms with E-state index in [1.807, 2.05) is 0 Å². The third kappa shape index (κ3) is 49.6. The second kappa shape index (κ2) is 53.0. The monoisotopic (exact) mass is 888 g/mol. The molecule has 0 aromatic rings. The Hall–Kier alpha value is -1.66. The van der Waals surface area contributed by atoms with E-state index < -0.39 is 12.1 Å². The van der Waals surface area contributed by atoms with Crippen molar-refractivity contribution in [3.05, 3.63) is 24.3 Å². The van der Waals surface area contributed by atoms with Crippen molar-refractivity contribution in [3.8, 4) is 0 Å². The molecule has 0 bridgehead atoms. The van der Waals surface area contributed by atoms with E-state index in [9.17, 15) is 19.8 Å². The summed E-state index contributed by atoms with van der Waals surface area (Å²) in [6, 6.07) is -0.548. The van der Waals surface area contributed by atoms with E-state index in [4.69, 9.17) is 4.74 Å². The number of carbonyl (C=O) groups is 2. The zero-order valence-electron chi connectivity index (χ0n) is 42.3. The van der Waals surface area contributed by atoms with Crippen LogP contribution in [0.5, 0.6) is 0 Å². The van der Waals surface area contributed by atoms with Gasteiger partial charge in [-0.2, -0.15) is 0 Å². The Balaban J connectivity index is 3.48. The number of esters is 1. The first kappa shape index (κ1) is 61.3. The van der Waals surface area contributed by atoms with Gasteiger partial charge in [0.15, 0.2) is 0 Å². The molecule has 0 aliphatic carbocycles. The van der Waals surface area contributed by atoms with Gasteiger partial charge in [-0.25, -0.2) is 0 Å². The Morgan fingerprint density at radius 1 is 0.444 bits per heavy atom. The largest absolute Gasteiger partial charge is 0.466 e. The molecule has 0 aliphatic heterocycles. The Bertz CT molecular complexity index is 982. The predicted molar refractivity (Wildman–Crippen MR) is 273 cm³/mol. The summed E-state index contributed by atoms with van der Waals surface area (Å²) in [6.45, 7) is 4.92. The summed E-state index contributed by atoms with van der Waals surface area (Å²) in [5, 5.41) is 23.3. The number of hydrogen-bond acceptors (Lipinski definition) is 5. The number of amides is 1. The van der Waals surface area contributed by atoms with Crippen molar-refractivity contribution in [2.24, 2.45) is 0 Å². The van der Waals surface area contributed by atoms with Crippen LogP contribution in [0.25, 0.3) is 0 Å². The van der Waals surface area contributed by atoms with Crippen LogP contribution in [-0.4, -0.2) is 47.4 Å². The van der Waals surface area contributed by atoms with E-state index >= 15 is 0 Å². The van der Waals surface area contributed by atoms with Gasteiger partial charge in [0.1, 0.15) is 0 Å². The molecule has 0 aromatic heterocycles. The van der Waals surface area contributed by atoms with Gasteiger partial charge in [0, 0.05) is 12.8 Å². The molecule has 0 rings (SSSR count). The predicted octanol–water partition coefficient (Wildman–Crippen LogP) is 17.1. The minimum absolute atomic E-state index is 0.0126. The van der Waals surface area contributed by atoms with E-state index in [0.717, 1.165) is 70.6 Å². The van der Waals surface area contributed by atoms with E-state index in [2.05, 4.69) is 43.5 Å². The van der Waals surface area contributed by atoms with E-state index in [1.165, 1.54) is 199 Å². The number of aliphatic hydroxyl groups is 2. The number of carbonyl (C=O) groups excluding carboxylic acids is 2. The van der Waals surface area contributed by atoms with Gasteiger partial charge < -0.3 is 20.3 Å². The maximum Gasteiger partial charge on any atom is 0.305 e. The highest BCUT2D eigenvalue weighted by atomic mass is 16.5. The second-order valence-corrected chi connectivity index (χ2v) is 19.3. The van der Waals surface area contributed by atoms with Crippen molar-refractivity contribution in [2.45, 2.75) is 315 Å². The van der Waals surface area contributed by atoms with E-state index in [0.29, 0.717) is 25.9 Å². The Labute approximate surface area is 392 Å². The van der Waals surface area contributed by atoms with Crippen LogP contribution in [0.15, 0.2) is 24.3 Å². The number of nitrogens with one attached hydrogen (secondary N) is 1. The zero-order chi connectivity index (χ0) is 45.8. The average molecular weight is 889 g/mol. The van der Waals surface area contributed by atoms with Crippen molar-refractivity contribution in [2.75, 3.05) is 13.2 Å². The number of rotatable bonds is 52. The summed E-state index contributed by atoms with van der Waals surface area (Å²) >= 11 is 0. The Kier molecular flexibility index (Phi) is 51.6. The van der Waals surface area contributed by atoms with E-state index in [1.54, 1.807) is 0 Å². The molecule has 2 unspecified atom stereocenters. The molecule has 0 fully saturated rings. The summed E-state index contributed by atoms with van der Waals surface area (Å²) in [5.41, 5.74) is 0. The summed E-state index contributed by atoms with van der Waals surface area (Å²) in [5.74, 6) is -0.0562. The van der Waals surface area contributed by atoms with Crippen molar-refractivity contribution in [1.82, 2.24) is 5.32 Å². The van der Waals surface area contributed by atoms with Crippen molar-refractivity contribution < 1.29 is 24.5 Å². The van der Waals surface area contributed by atoms with Gasteiger partial charge in [-0.3, -0.25) is 9.59 Å². The molecule has 0 spiro atoms. The molecule has 1 amide bonds. The molecule has 0 aromatic carbocycles. The topological polar surface area (TPSA) is 95.9 Å². The number of hydrogen-bond donors (Lipinski definition) is 3. The lowest BCUT2D eigenvalue weighted by Crippen LogP contribution is -2.45. The average Bonchev–Trinajstić information content (AvgIpc) is 3.28. The number of ether oxygens (including phenoxy) is 1. The molecule has 0 aliphatic rings. The van der Waals surface area contributed by atoms with Crippen LogP contribution in [0.1, 0.15) is 303 Å². The fourth-order valence-corrected chi connectivity index (χ4v) is 8.69. The third-order valence-corrected chi connectivity index (χ3v) is 13.0. The maximum absolute atomic E-state index is 12.5. The quantitative estimate of drug-likeness (QED) is 0.0321. The first-order chi connectivity index (χ1) is 31.0. The van der Waals surface area contributed by atoms with Crippen LogP contribution < -0.4 is 5.32 Å². The molecule has 0 saturated heterocycles. The number of allylic oxidation sites excluding steroid dienone is 4. The summed E-state index contributed by atoms with van der Waals surface area (Å²) in [6.07, 6.45) is 63.0. The van der Waals surface area contributed by atoms with Crippen molar-refractivity contribution >= 4 is 11.9 Å². The summed E-state index contributed by atoms with van der Waals surface area (Å²) in [4.78, 5) is 24.5. The molecule has 6 nitrogen and oxygen atoms in total. The Morgan fingerprint density at radius 3 is 1.17 bits per heavy atom. The normalized spacial score (nSPS) is 12.8. The molecule has 0 saturated carbocycles. The lowest BCUT2D eigenvalue weighted by atomic mass is 10.0. The molecule has 6 heteroatoms. The zero-order valence-corrected chi connectivity index (χ0v) is 42.3. The Morgan fingerprint density at radius 2 is 0.778 bits per heavy atom. The molecule has 63 heavy (non-hydrogen) atoms. The van der Waals surface area contributed by atoms with Gasteiger partial charge in [0.25, 0.3) is 0 Å². The van der Waals surface area contributed by atoms with Crippen molar-refractivity contribution in [3.63, 3.8) is 0 Å². The molecule has 372 valence electrons. The smallest absolute Gasteiger partial charge is 0.305 e. The van der Waals surface area contributed by atoms with Gasteiger partial charge in [0.05, 0.1) is 25.4 Å². The lowest BCUT2D eigenvalue weighted by Gasteiger charge is -2.22. The summed E-state index contributed by atoms with van der Waals surface area (Å²) in [7, 11) is 0.